The first-order valence-corrected chi connectivity index (χ1v) is 7.30. The maximum Gasteiger partial charge on any atom is 0.239 e. The van der Waals surface area contributed by atoms with Crippen molar-refractivity contribution >= 4 is 11.7 Å². The molecule has 2 aromatic rings. The van der Waals surface area contributed by atoms with Crippen LogP contribution in [-0.4, -0.2) is 47.1 Å². The summed E-state index contributed by atoms with van der Waals surface area (Å²) in [6.07, 6.45) is 3.60. The third-order valence-electron chi connectivity index (χ3n) is 3.67. The number of anilines is 1. The number of hydrogen-bond donors (Lipinski definition) is 2. The van der Waals surface area contributed by atoms with Crippen molar-refractivity contribution in [2.75, 3.05) is 31.5 Å². The summed E-state index contributed by atoms with van der Waals surface area (Å²) in [5.74, 6) is 1.03. The molecule has 0 spiro atoms. The van der Waals surface area contributed by atoms with Gasteiger partial charge in [0.15, 0.2) is 5.82 Å². The molecule has 116 valence electrons. The van der Waals surface area contributed by atoms with Crippen LogP contribution in [-0.2, 0) is 4.79 Å². The Kier molecular flexibility index (Phi) is 4.45. The van der Waals surface area contributed by atoms with E-state index in [1.165, 1.54) is 0 Å². The average Bonchev–Trinajstić information content (AvgIpc) is 2.93. The normalized spacial score (nSPS) is 19.0. The number of carbonyl (C=O) groups excluding carboxylic acids is 1. The standard InChI is InChI=1S/C15H19N5O2/c1-11-7-14(19-22-11)18-15(21)10-20-6-5-17-9-13(20)12-3-2-4-16-8-12/h2-4,7-8,13,17H,5-6,9-10H2,1H3,(H,18,19,21). The van der Waals surface area contributed by atoms with Crippen molar-refractivity contribution in [2.24, 2.45) is 0 Å². The molecule has 0 saturated carbocycles. The fourth-order valence-corrected chi connectivity index (χ4v) is 2.63. The average molecular weight is 301 g/mol. The highest BCUT2D eigenvalue weighted by Gasteiger charge is 2.25. The van der Waals surface area contributed by atoms with Gasteiger partial charge in [-0.2, -0.15) is 0 Å². The van der Waals surface area contributed by atoms with E-state index in [9.17, 15) is 4.79 Å². The first kappa shape index (κ1) is 14.7. The minimum atomic E-state index is -0.0934. The highest BCUT2D eigenvalue weighted by atomic mass is 16.5. The Balaban J connectivity index is 1.65. The largest absolute Gasteiger partial charge is 0.360 e. The second kappa shape index (κ2) is 6.67. The van der Waals surface area contributed by atoms with Gasteiger partial charge in [0, 0.05) is 44.1 Å². The molecule has 1 atom stereocenters. The number of nitrogens with one attached hydrogen (secondary N) is 2. The zero-order valence-corrected chi connectivity index (χ0v) is 12.5. The third kappa shape index (κ3) is 3.49. The molecule has 0 aliphatic carbocycles. The quantitative estimate of drug-likeness (QED) is 0.875. The van der Waals surface area contributed by atoms with Gasteiger partial charge in [0.1, 0.15) is 5.76 Å². The van der Waals surface area contributed by atoms with Crippen molar-refractivity contribution in [3.63, 3.8) is 0 Å². The Bertz CT molecular complexity index is 628. The highest BCUT2D eigenvalue weighted by Crippen LogP contribution is 2.21. The molecule has 1 aliphatic rings. The Morgan fingerprint density at radius 2 is 2.50 bits per heavy atom. The molecular formula is C15H19N5O2. The molecule has 3 heterocycles. The first-order chi connectivity index (χ1) is 10.7. The Morgan fingerprint density at radius 1 is 1.59 bits per heavy atom. The summed E-state index contributed by atoms with van der Waals surface area (Å²) < 4.78 is 4.95. The second-order valence-corrected chi connectivity index (χ2v) is 5.35. The summed E-state index contributed by atoms with van der Waals surface area (Å²) in [5, 5.41) is 9.90. The first-order valence-electron chi connectivity index (χ1n) is 7.30. The molecule has 1 amide bonds. The fraction of sp³-hybridized carbons (Fsp3) is 0.400. The predicted molar refractivity (Wildman–Crippen MR) is 81.3 cm³/mol. The van der Waals surface area contributed by atoms with Gasteiger partial charge in [-0.1, -0.05) is 11.2 Å². The van der Waals surface area contributed by atoms with Crippen LogP contribution in [0.5, 0.6) is 0 Å². The monoisotopic (exact) mass is 301 g/mol. The van der Waals surface area contributed by atoms with E-state index in [-0.39, 0.29) is 11.9 Å². The lowest BCUT2D eigenvalue weighted by Gasteiger charge is -2.35. The molecule has 1 aliphatic heterocycles. The molecule has 2 aromatic heterocycles. The van der Waals surface area contributed by atoms with E-state index in [0.29, 0.717) is 18.1 Å². The van der Waals surface area contributed by atoms with Gasteiger partial charge in [-0.15, -0.1) is 0 Å². The van der Waals surface area contributed by atoms with E-state index in [1.807, 2.05) is 18.3 Å². The van der Waals surface area contributed by atoms with Gasteiger partial charge >= 0.3 is 0 Å². The van der Waals surface area contributed by atoms with Crippen LogP contribution in [0.1, 0.15) is 17.4 Å². The van der Waals surface area contributed by atoms with Crippen molar-refractivity contribution in [3.05, 3.63) is 41.9 Å². The summed E-state index contributed by atoms with van der Waals surface area (Å²) in [4.78, 5) is 18.5. The Labute approximate surface area is 128 Å². The lowest BCUT2D eigenvalue weighted by atomic mass is 10.1. The van der Waals surface area contributed by atoms with E-state index in [1.54, 1.807) is 19.2 Å². The summed E-state index contributed by atoms with van der Waals surface area (Å²) in [6, 6.07) is 5.80. The number of aromatic nitrogens is 2. The summed E-state index contributed by atoms with van der Waals surface area (Å²) in [7, 11) is 0. The van der Waals surface area contributed by atoms with E-state index in [4.69, 9.17) is 4.52 Å². The number of nitrogens with zero attached hydrogens (tertiary/aromatic N) is 3. The molecule has 2 N–H and O–H groups in total. The van der Waals surface area contributed by atoms with E-state index < -0.39 is 0 Å². The number of hydrogen-bond acceptors (Lipinski definition) is 6. The molecule has 1 fully saturated rings. The van der Waals surface area contributed by atoms with Crippen LogP contribution < -0.4 is 10.6 Å². The van der Waals surface area contributed by atoms with Crippen molar-refractivity contribution in [1.82, 2.24) is 20.4 Å². The second-order valence-electron chi connectivity index (χ2n) is 5.35. The minimum Gasteiger partial charge on any atom is -0.360 e. The van der Waals surface area contributed by atoms with Crippen molar-refractivity contribution < 1.29 is 9.32 Å². The predicted octanol–water partition coefficient (Wildman–Crippen LogP) is 0.963. The topological polar surface area (TPSA) is 83.3 Å². The van der Waals surface area contributed by atoms with E-state index in [2.05, 4.69) is 25.7 Å². The third-order valence-corrected chi connectivity index (χ3v) is 3.67. The molecule has 0 radical (unpaired) electrons. The SMILES string of the molecule is Cc1cc(NC(=O)CN2CCNCC2c2cccnc2)no1. The van der Waals surface area contributed by atoms with Gasteiger partial charge in [-0.05, 0) is 18.6 Å². The van der Waals surface area contributed by atoms with Crippen molar-refractivity contribution in [3.8, 4) is 0 Å². The summed E-state index contributed by atoms with van der Waals surface area (Å²) in [6.45, 7) is 4.59. The molecular weight excluding hydrogens is 282 g/mol. The Morgan fingerprint density at radius 3 is 3.23 bits per heavy atom. The van der Waals surface area contributed by atoms with Crippen LogP contribution >= 0.6 is 0 Å². The molecule has 7 heteroatoms. The van der Waals surface area contributed by atoms with E-state index in [0.717, 1.165) is 25.2 Å². The minimum absolute atomic E-state index is 0.0934. The van der Waals surface area contributed by atoms with Gasteiger partial charge in [0.25, 0.3) is 0 Å². The summed E-state index contributed by atoms with van der Waals surface area (Å²) in [5.41, 5.74) is 1.11. The molecule has 7 nitrogen and oxygen atoms in total. The van der Waals surface area contributed by atoms with Crippen LogP contribution in [0, 0.1) is 6.92 Å². The molecule has 1 unspecified atom stereocenters. The van der Waals surface area contributed by atoms with Crippen LogP contribution in [0.25, 0.3) is 0 Å². The van der Waals surface area contributed by atoms with Crippen LogP contribution in [0.15, 0.2) is 35.1 Å². The smallest absolute Gasteiger partial charge is 0.239 e. The number of piperazine rings is 1. The lowest BCUT2D eigenvalue weighted by molar-refractivity contribution is -0.118. The Hall–Kier alpha value is -2.25. The van der Waals surface area contributed by atoms with Crippen molar-refractivity contribution in [1.29, 1.82) is 0 Å². The maximum atomic E-state index is 12.2. The zero-order valence-electron chi connectivity index (χ0n) is 12.5. The fourth-order valence-electron chi connectivity index (χ4n) is 2.63. The zero-order chi connectivity index (χ0) is 15.4. The molecule has 3 rings (SSSR count). The molecule has 22 heavy (non-hydrogen) atoms. The lowest BCUT2D eigenvalue weighted by Crippen LogP contribution is -2.48. The van der Waals surface area contributed by atoms with Gasteiger partial charge in [0.05, 0.1) is 6.54 Å². The maximum absolute atomic E-state index is 12.2. The molecule has 0 aromatic carbocycles. The van der Waals surface area contributed by atoms with Gasteiger partial charge in [-0.3, -0.25) is 14.7 Å². The van der Waals surface area contributed by atoms with Crippen molar-refractivity contribution in [2.45, 2.75) is 13.0 Å². The number of amides is 1. The van der Waals surface area contributed by atoms with Crippen LogP contribution in [0.3, 0.4) is 0 Å². The van der Waals surface area contributed by atoms with Crippen LogP contribution in [0.4, 0.5) is 5.82 Å². The number of carbonyl (C=O) groups is 1. The number of rotatable bonds is 4. The molecule has 0 bridgehead atoms. The van der Waals surface area contributed by atoms with Gasteiger partial charge < -0.3 is 15.2 Å². The molecule has 1 saturated heterocycles. The van der Waals surface area contributed by atoms with Gasteiger partial charge in [0.2, 0.25) is 5.91 Å². The van der Waals surface area contributed by atoms with Crippen LogP contribution in [0.2, 0.25) is 0 Å². The number of aryl methyl sites for hydroxylation is 1. The highest BCUT2D eigenvalue weighted by molar-refractivity contribution is 5.91. The van der Waals surface area contributed by atoms with Gasteiger partial charge in [-0.25, -0.2) is 0 Å². The number of pyridine rings is 1. The van der Waals surface area contributed by atoms with E-state index >= 15 is 0 Å². The summed E-state index contributed by atoms with van der Waals surface area (Å²) >= 11 is 0.